The van der Waals surface area contributed by atoms with E-state index >= 15 is 0 Å². The Kier molecular flexibility index (Phi) is 9.40. The van der Waals surface area contributed by atoms with Crippen LogP contribution in [-0.2, 0) is 0 Å². The van der Waals surface area contributed by atoms with Crippen molar-refractivity contribution in [3.8, 4) is 50.2 Å². The van der Waals surface area contributed by atoms with Crippen molar-refractivity contribution in [2.75, 3.05) is 4.90 Å². The fourth-order valence-corrected chi connectivity index (χ4v) is 11.6. The second kappa shape index (κ2) is 16.2. The van der Waals surface area contributed by atoms with E-state index in [4.69, 9.17) is 0 Å². The molecule has 0 amide bonds. The number of aromatic nitrogens is 1. The summed E-state index contributed by atoms with van der Waals surface area (Å²) in [6, 6.07) is 93.1. The van der Waals surface area contributed by atoms with E-state index in [1.54, 1.807) is 0 Å². The topological polar surface area (TPSA) is 8.17 Å². The molecule has 0 N–H and O–H groups in total. The third-order valence-electron chi connectivity index (χ3n) is 13.4. The van der Waals surface area contributed by atoms with Crippen molar-refractivity contribution in [2.24, 2.45) is 0 Å². The zero-order chi connectivity index (χ0) is 44.3. The van der Waals surface area contributed by atoms with Gasteiger partial charge in [0.15, 0.2) is 0 Å². The van der Waals surface area contributed by atoms with Crippen molar-refractivity contribution in [3.05, 3.63) is 255 Å². The van der Waals surface area contributed by atoms with Crippen LogP contribution in [0.1, 0.15) is 0 Å². The molecule has 0 aliphatic rings. The maximum atomic E-state index is 2.45. The molecule has 2 nitrogen and oxygen atoms in total. The number of para-hydroxylation sites is 2. The van der Waals surface area contributed by atoms with E-state index in [9.17, 15) is 0 Å². The van der Waals surface area contributed by atoms with Gasteiger partial charge in [0.1, 0.15) is 0 Å². The molecule has 0 radical (unpaired) electrons. The predicted molar refractivity (Wildman–Crippen MR) is 288 cm³/mol. The van der Waals surface area contributed by atoms with Gasteiger partial charge in [0.05, 0.1) is 16.7 Å². The van der Waals surface area contributed by atoms with E-state index in [0.717, 1.165) is 22.7 Å². The van der Waals surface area contributed by atoms with Crippen LogP contribution in [-0.4, -0.2) is 4.57 Å². The molecule has 0 saturated carbocycles. The number of thiophene rings is 1. The molecule has 2 aromatic heterocycles. The summed E-state index contributed by atoms with van der Waals surface area (Å²) in [5.74, 6) is 0. The van der Waals surface area contributed by atoms with Crippen LogP contribution < -0.4 is 4.90 Å². The number of nitrogens with zero attached hydrogens (tertiary/aromatic N) is 2. The molecule has 0 bridgehead atoms. The monoisotopic (exact) mass is 870 g/mol. The van der Waals surface area contributed by atoms with Crippen molar-refractivity contribution in [1.29, 1.82) is 0 Å². The standard InChI is InChI=1S/C64H42N2S/c1-3-16-44(17-4-1)52-26-12-20-47-21-13-27-53(62(47)52)46-36-40-50(41-37-46)65(60-32-15-33-61-63(60)57-29-14-28-54(64(57)67-61)45-18-5-2-6-19-45)49-38-34-43(35-39-49)48-22-11-23-51(42-48)66-58-30-9-7-24-55(58)56-25-8-10-31-59(56)66/h1-42H. The van der Waals surface area contributed by atoms with Gasteiger partial charge >= 0.3 is 0 Å². The van der Waals surface area contributed by atoms with Crippen LogP contribution >= 0.6 is 11.3 Å². The van der Waals surface area contributed by atoms with E-state index in [-0.39, 0.29) is 0 Å². The summed E-state index contributed by atoms with van der Waals surface area (Å²) in [7, 11) is 0. The average molecular weight is 871 g/mol. The summed E-state index contributed by atoms with van der Waals surface area (Å²) in [5.41, 5.74) is 16.6. The molecule has 67 heavy (non-hydrogen) atoms. The number of fused-ring (bicyclic) bond motifs is 7. The number of anilines is 3. The lowest BCUT2D eigenvalue weighted by Crippen LogP contribution is -2.10. The first kappa shape index (κ1) is 38.9. The molecule has 0 aliphatic carbocycles. The van der Waals surface area contributed by atoms with E-state index < -0.39 is 0 Å². The Morgan fingerprint density at radius 3 is 1.48 bits per heavy atom. The molecule has 11 aromatic carbocycles. The summed E-state index contributed by atoms with van der Waals surface area (Å²) in [5, 5.41) is 7.55. The van der Waals surface area contributed by atoms with Crippen molar-refractivity contribution in [3.63, 3.8) is 0 Å². The number of hydrogen-bond donors (Lipinski definition) is 0. The average Bonchev–Trinajstić information content (AvgIpc) is 3.96. The van der Waals surface area contributed by atoms with Crippen LogP contribution in [0.15, 0.2) is 255 Å². The molecule has 13 rings (SSSR count). The second-order valence-electron chi connectivity index (χ2n) is 17.2. The lowest BCUT2D eigenvalue weighted by molar-refractivity contribution is 1.18. The summed E-state index contributed by atoms with van der Waals surface area (Å²) < 4.78 is 4.96. The van der Waals surface area contributed by atoms with Gasteiger partial charge in [-0.1, -0.05) is 194 Å². The van der Waals surface area contributed by atoms with E-state index in [2.05, 4.69) is 264 Å². The van der Waals surface area contributed by atoms with Crippen LogP contribution in [0.5, 0.6) is 0 Å². The summed E-state index contributed by atoms with van der Waals surface area (Å²) in [6.45, 7) is 0. The largest absolute Gasteiger partial charge is 0.310 e. The van der Waals surface area contributed by atoms with Gasteiger partial charge in [0.25, 0.3) is 0 Å². The number of benzene rings is 11. The van der Waals surface area contributed by atoms with Crippen LogP contribution in [0.25, 0.3) is 103 Å². The molecule has 0 atom stereocenters. The van der Waals surface area contributed by atoms with Crippen molar-refractivity contribution in [1.82, 2.24) is 4.57 Å². The Labute approximate surface area is 393 Å². The predicted octanol–water partition coefficient (Wildman–Crippen LogP) is 18.4. The Balaban J connectivity index is 0.952. The van der Waals surface area contributed by atoms with E-state index in [1.165, 1.54) is 97.3 Å². The van der Waals surface area contributed by atoms with Crippen molar-refractivity contribution >= 4 is 81.1 Å². The van der Waals surface area contributed by atoms with E-state index in [1.807, 2.05) is 11.3 Å². The van der Waals surface area contributed by atoms with Crippen LogP contribution in [0.2, 0.25) is 0 Å². The fraction of sp³-hybridized carbons (Fsp3) is 0. The van der Waals surface area contributed by atoms with Gasteiger partial charge in [-0.15, -0.1) is 11.3 Å². The van der Waals surface area contributed by atoms with Gasteiger partial charge in [0, 0.05) is 48.0 Å². The van der Waals surface area contributed by atoms with Crippen LogP contribution in [0, 0.1) is 0 Å². The first-order valence-corrected chi connectivity index (χ1v) is 23.7. The van der Waals surface area contributed by atoms with Gasteiger partial charge in [-0.25, -0.2) is 0 Å². The smallest absolute Gasteiger partial charge is 0.0554 e. The van der Waals surface area contributed by atoms with Crippen LogP contribution in [0.4, 0.5) is 17.1 Å². The maximum Gasteiger partial charge on any atom is 0.0554 e. The van der Waals surface area contributed by atoms with Crippen molar-refractivity contribution in [2.45, 2.75) is 0 Å². The lowest BCUT2D eigenvalue weighted by Gasteiger charge is -2.27. The zero-order valence-electron chi connectivity index (χ0n) is 36.6. The van der Waals surface area contributed by atoms with Crippen molar-refractivity contribution < 1.29 is 0 Å². The summed E-state index contributed by atoms with van der Waals surface area (Å²) >= 11 is 1.88. The Bertz CT molecular complexity index is 3900. The lowest BCUT2D eigenvalue weighted by atomic mass is 9.91. The zero-order valence-corrected chi connectivity index (χ0v) is 37.4. The minimum atomic E-state index is 1.10. The first-order chi connectivity index (χ1) is 33.2. The van der Waals surface area contributed by atoms with Gasteiger partial charge in [-0.3, -0.25) is 0 Å². The fourth-order valence-electron chi connectivity index (χ4n) is 10.3. The maximum absolute atomic E-state index is 2.45. The SMILES string of the molecule is c1ccc(-c2cccc3c2sc2cccc(N(c4ccc(-c5cccc(-n6c7ccccc7c7ccccc76)c5)cc4)c4ccc(-c5cccc6cccc(-c7ccccc7)c56)cc4)c23)cc1. The first-order valence-electron chi connectivity index (χ1n) is 22.9. The van der Waals surface area contributed by atoms with Gasteiger partial charge in [-0.2, -0.15) is 0 Å². The van der Waals surface area contributed by atoms with Gasteiger partial charge < -0.3 is 9.47 Å². The third kappa shape index (κ3) is 6.63. The highest BCUT2D eigenvalue weighted by Gasteiger charge is 2.21. The highest BCUT2D eigenvalue weighted by molar-refractivity contribution is 7.26. The second-order valence-corrected chi connectivity index (χ2v) is 18.3. The molecule has 0 spiro atoms. The molecule has 2 heterocycles. The highest BCUT2D eigenvalue weighted by atomic mass is 32.1. The Morgan fingerprint density at radius 2 is 0.821 bits per heavy atom. The van der Waals surface area contributed by atoms with E-state index in [0.29, 0.717) is 0 Å². The summed E-state index contributed by atoms with van der Waals surface area (Å²) in [4.78, 5) is 2.45. The molecule has 0 fully saturated rings. The minimum Gasteiger partial charge on any atom is -0.310 e. The highest BCUT2D eigenvalue weighted by Crippen LogP contribution is 2.48. The quantitative estimate of drug-likeness (QED) is 0.148. The molecule has 13 aromatic rings. The molecular weight excluding hydrogens is 829 g/mol. The Hall–Kier alpha value is -8.50. The van der Waals surface area contributed by atoms with Gasteiger partial charge in [0.2, 0.25) is 0 Å². The third-order valence-corrected chi connectivity index (χ3v) is 14.6. The summed E-state index contributed by atoms with van der Waals surface area (Å²) in [6.07, 6.45) is 0. The van der Waals surface area contributed by atoms with Crippen LogP contribution in [0.3, 0.4) is 0 Å². The van der Waals surface area contributed by atoms with Gasteiger partial charge in [-0.05, 0) is 116 Å². The normalized spacial score (nSPS) is 11.6. The number of hydrogen-bond acceptors (Lipinski definition) is 2. The number of rotatable bonds is 8. The molecule has 3 heteroatoms. The Morgan fingerprint density at radius 1 is 0.328 bits per heavy atom. The molecule has 0 unspecified atom stereocenters. The molecule has 0 saturated heterocycles. The molecule has 314 valence electrons. The molecule has 0 aliphatic heterocycles. The minimum absolute atomic E-state index is 1.10. The molecular formula is C64H42N2S.